The van der Waals surface area contributed by atoms with Gasteiger partial charge in [0.15, 0.2) is 5.75 Å². The number of hydrogen-bond acceptors (Lipinski definition) is 6. The quantitative estimate of drug-likeness (QED) is 0.503. The standard InChI is InChI=1S/C12H11Cl2NO5/c1-19-10(16)5-9(12(18)20-2)15-8-4-6(13)3-7(14)11(8)17/h3-5,15,17H,1-2H3/b9-5+. The van der Waals surface area contributed by atoms with Gasteiger partial charge in [0.2, 0.25) is 0 Å². The molecule has 0 aliphatic heterocycles. The average molecular weight is 320 g/mol. The van der Waals surface area contributed by atoms with Crippen molar-refractivity contribution >= 4 is 40.8 Å². The molecule has 1 rings (SSSR count). The van der Waals surface area contributed by atoms with Crippen molar-refractivity contribution in [1.29, 1.82) is 0 Å². The third-order valence-corrected chi connectivity index (χ3v) is 2.67. The van der Waals surface area contributed by atoms with Gasteiger partial charge in [-0.05, 0) is 12.1 Å². The molecule has 0 radical (unpaired) electrons. The molecule has 0 aliphatic rings. The number of ether oxygens (including phenoxy) is 2. The summed E-state index contributed by atoms with van der Waals surface area (Å²) < 4.78 is 8.92. The summed E-state index contributed by atoms with van der Waals surface area (Å²) in [5, 5.41) is 12.5. The Bertz CT molecular complexity index is 571. The molecule has 108 valence electrons. The van der Waals surface area contributed by atoms with Crippen molar-refractivity contribution in [3.63, 3.8) is 0 Å². The number of esters is 2. The van der Waals surface area contributed by atoms with Gasteiger partial charge >= 0.3 is 11.9 Å². The van der Waals surface area contributed by atoms with Gasteiger partial charge in [0, 0.05) is 5.02 Å². The Morgan fingerprint density at radius 3 is 2.45 bits per heavy atom. The molecule has 0 heterocycles. The van der Waals surface area contributed by atoms with Crippen molar-refractivity contribution in [3.8, 4) is 5.75 Å². The predicted molar refractivity (Wildman–Crippen MR) is 73.9 cm³/mol. The van der Waals surface area contributed by atoms with Crippen LogP contribution < -0.4 is 5.32 Å². The number of aromatic hydroxyl groups is 1. The van der Waals surface area contributed by atoms with Crippen molar-refractivity contribution in [2.75, 3.05) is 19.5 Å². The van der Waals surface area contributed by atoms with Crippen LogP contribution in [0.3, 0.4) is 0 Å². The number of halogens is 2. The summed E-state index contributed by atoms with van der Waals surface area (Å²) in [5.74, 6) is -1.92. The second-order valence-corrected chi connectivity index (χ2v) is 4.33. The zero-order valence-electron chi connectivity index (χ0n) is 10.6. The summed E-state index contributed by atoms with van der Waals surface area (Å²) in [6.07, 6.45) is 0.875. The van der Waals surface area contributed by atoms with Crippen LogP contribution in [0.4, 0.5) is 5.69 Å². The van der Waals surface area contributed by atoms with Crippen molar-refractivity contribution in [2.24, 2.45) is 0 Å². The van der Waals surface area contributed by atoms with E-state index in [0.29, 0.717) is 0 Å². The molecule has 0 atom stereocenters. The number of phenols is 1. The summed E-state index contributed by atoms with van der Waals surface area (Å²) in [4.78, 5) is 22.7. The van der Waals surface area contributed by atoms with E-state index in [2.05, 4.69) is 14.8 Å². The number of phenolic OH excluding ortho intramolecular Hbond substituents is 1. The van der Waals surface area contributed by atoms with Gasteiger partial charge in [-0.3, -0.25) is 0 Å². The Morgan fingerprint density at radius 1 is 1.25 bits per heavy atom. The van der Waals surface area contributed by atoms with Crippen LogP contribution in [-0.2, 0) is 19.1 Å². The summed E-state index contributed by atoms with van der Waals surface area (Å²) in [6, 6.07) is 2.66. The van der Waals surface area contributed by atoms with Crippen LogP contribution in [0.5, 0.6) is 5.75 Å². The van der Waals surface area contributed by atoms with E-state index in [0.717, 1.165) is 20.3 Å². The highest BCUT2D eigenvalue weighted by Gasteiger charge is 2.16. The smallest absolute Gasteiger partial charge is 0.354 e. The summed E-state index contributed by atoms with van der Waals surface area (Å²) in [5.41, 5.74) is -0.198. The van der Waals surface area contributed by atoms with Crippen molar-refractivity contribution in [3.05, 3.63) is 34.0 Å². The molecule has 0 aliphatic carbocycles. The van der Waals surface area contributed by atoms with Crippen LogP contribution in [0, 0.1) is 0 Å². The molecule has 1 aromatic carbocycles. The molecule has 1 aromatic rings. The van der Waals surface area contributed by atoms with Gasteiger partial charge in [-0.25, -0.2) is 9.59 Å². The topological polar surface area (TPSA) is 84.9 Å². The Labute approximate surface area is 124 Å². The van der Waals surface area contributed by atoms with Crippen molar-refractivity contribution in [2.45, 2.75) is 0 Å². The second kappa shape index (κ2) is 7.02. The minimum absolute atomic E-state index is 0.0118. The molecule has 0 amide bonds. The first-order valence-electron chi connectivity index (χ1n) is 5.22. The Morgan fingerprint density at radius 2 is 1.90 bits per heavy atom. The number of rotatable bonds is 4. The molecule has 20 heavy (non-hydrogen) atoms. The fraction of sp³-hybridized carbons (Fsp3) is 0.167. The minimum Gasteiger partial charge on any atom is -0.504 e. The number of anilines is 1. The third-order valence-electron chi connectivity index (χ3n) is 2.17. The van der Waals surface area contributed by atoms with Gasteiger partial charge in [-0.2, -0.15) is 0 Å². The molecule has 0 unspecified atom stereocenters. The molecule has 0 saturated heterocycles. The van der Waals surface area contributed by atoms with Gasteiger partial charge in [0.05, 0.1) is 31.0 Å². The van der Waals surface area contributed by atoms with E-state index in [1.807, 2.05) is 0 Å². The maximum atomic E-state index is 11.5. The monoisotopic (exact) mass is 319 g/mol. The zero-order valence-corrected chi connectivity index (χ0v) is 12.1. The number of carbonyl (C=O) groups excluding carboxylic acids is 2. The normalized spacial score (nSPS) is 10.9. The number of carbonyl (C=O) groups is 2. The third kappa shape index (κ3) is 4.04. The highest BCUT2D eigenvalue weighted by atomic mass is 35.5. The van der Waals surface area contributed by atoms with Crippen LogP contribution >= 0.6 is 23.2 Å². The van der Waals surface area contributed by atoms with E-state index in [9.17, 15) is 14.7 Å². The van der Waals surface area contributed by atoms with Crippen LogP contribution in [0.1, 0.15) is 0 Å². The molecule has 0 fully saturated rings. The highest BCUT2D eigenvalue weighted by molar-refractivity contribution is 6.36. The largest absolute Gasteiger partial charge is 0.504 e. The molecule has 0 saturated carbocycles. The summed E-state index contributed by atoms with van der Waals surface area (Å²) in [6.45, 7) is 0. The van der Waals surface area contributed by atoms with Gasteiger partial charge in [-0.1, -0.05) is 23.2 Å². The minimum atomic E-state index is -0.828. The van der Waals surface area contributed by atoms with E-state index in [1.165, 1.54) is 12.1 Å². The summed E-state index contributed by atoms with van der Waals surface area (Å²) >= 11 is 11.5. The Hall–Kier alpha value is -1.92. The molecular weight excluding hydrogens is 309 g/mol. The molecule has 0 bridgehead atoms. The lowest BCUT2D eigenvalue weighted by atomic mass is 10.2. The fourth-order valence-electron chi connectivity index (χ4n) is 1.24. The lowest BCUT2D eigenvalue weighted by Gasteiger charge is -2.11. The molecule has 2 N–H and O–H groups in total. The molecule has 8 heteroatoms. The van der Waals surface area contributed by atoms with Crippen LogP contribution in [0.15, 0.2) is 23.9 Å². The van der Waals surface area contributed by atoms with Gasteiger partial charge in [-0.15, -0.1) is 0 Å². The molecular formula is C12H11Cl2NO5. The first kappa shape index (κ1) is 16.1. The maximum absolute atomic E-state index is 11.5. The first-order chi connectivity index (χ1) is 9.38. The zero-order chi connectivity index (χ0) is 15.3. The highest BCUT2D eigenvalue weighted by Crippen LogP contribution is 2.35. The Kier molecular flexibility index (Phi) is 5.66. The van der Waals surface area contributed by atoms with E-state index in [4.69, 9.17) is 23.2 Å². The van der Waals surface area contributed by atoms with E-state index < -0.39 is 11.9 Å². The van der Waals surface area contributed by atoms with E-state index in [1.54, 1.807) is 0 Å². The maximum Gasteiger partial charge on any atom is 0.354 e. The van der Waals surface area contributed by atoms with Crippen molar-refractivity contribution in [1.82, 2.24) is 0 Å². The molecule has 0 aromatic heterocycles. The first-order valence-corrected chi connectivity index (χ1v) is 5.97. The SMILES string of the molecule is COC(=O)/C=C(/Nc1cc(Cl)cc(Cl)c1O)C(=O)OC. The van der Waals surface area contributed by atoms with Crippen LogP contribution in [0.2, 0.25) is 10.0 Å². The number of nitrogens with one attached hydrogen (secondary N) is 1. The lowest BCUT2D eigenvalue weighted by molar-refractivity contribution is -0.138. The number of hydrogen-bond donors (Lipinski definition) is 2. The lowest BCUT2D eigenvalue weighted by Crippen LogP contribution is -2.15. The van der Waals surface area contributed by atoms with Gasteiger partial charge < -0.3 is 19.9 Å². The predicted octanol–water partition coefficient (Wildman–Crippen LogP) is 2.34. The second-order valence-electron chi connectivity index (χ2n) is 3.48. The van der Waals surface area contributed by atoms with Gasteiger partial charge in [0.1, 0.15) is 5.70 Å². The molecule has 0 spiro atoms. The van der Waals surface area contributed by atoms with E-state index in [-0.39, 0.29) is 27.2 Å². The molecule has 6 nitrogen and oxygen atoms in total. The summed E-state index contributed by atoms with van der Waals surface area (Å²) in [7, 11) is 2.29. The van der Waals surface area contributed by atoms with E-state index >= 15 is 0 Å². The van der Waals surface area contributed by atoms with Crippen LogP contribution in [-0.4, -0.2) is 31.3 Å². The fourth-order valence-corrected chi connectivity index (χ4v) is 1.73. The van der Waals surface area contributed by atoms with Crippen molar-refractivity contribution < 1.29 is 24.2 Å². The van der Waals surface area contributed by atoms with Crippen LogP contribution in [0.25, 0.3) is 0 Å². The van der Waals surface area contributed by atoms with Gasteiger partial charge in [0.25, 0.3) is 0 Å². The average Bonchev–Trinajstić information content (AvgIpc) is 2.42. The number of methoxy groups -OCH3 is 2. The Balaban J connectivity index is 3.17. The number of benzene rings is 1.